The number of unbranched alkanes of at least 4 members (excludes halogenated alkanes) is 1. The van der Waals surface area contributed by atoms with Crippen molar-refractivity contribution in [2.24, 2.45) is 9.81 Å². The maximum atomic E-state index is 14.0. The number of nitrogens with one attached hydrogen (secondary N) is 1. The molecule has 0 bridgehead atoms. The minimum atomic E-state index is -3.61. The first-order chi connectivity index (χ1) is 15.8. The van der Waals surface area contributed by atoms with Crippen LogP contribution in [0.4, 0.5) is 11.4 Å². The molecular formula is C26H34ClN3O4S. The average Bonchev–Trinajstić information content (AvgIpc) is 2.75. The molecule has 35 heavy (non-hydrogen) atoms. The molecule has 0 fully saturated rings. The minimum Gasteiger partial charge on any atom is -0.506 e. The summed E-state index contributed by atoms with van der Waals surface area (Å²) in [6.45, 7) is 8.50. The van der Waals surface area contributed by atoms with Crippen LogP contribution in [0.5, 0.6) is 0 Å². The number of fused-ring (bicyclic) bond motifs is 2. The lowest BCUT2D eigenvalue weighted by Gasteiger charge is -2.39. The Balaban J connectivity index is 0.00000342. The second kappa shape index (κ2) is 9.50. The zero-order chi connectivity index (χ0) is 24.9. The van der Waals surface area contributed by atoms with Crippen molar-refractivity contribution in [3.05, 3.63) is 59.2 Å². The molecular weight excluding hydrogens is 486 g/mol. The van der Waals surface area contributed by atoms with Gasteiger partial charge in [-0.05, 0) is 48.9 Å². The molecule has 1 aliphatic heterocycles. The first-order valence-electron chi connectivity index (χ1n) is 11.5. The van der Waals surface area contributed by atoms with Crippen molar-refractivity contribution in [3.8, 4) is 0 Å². The van der Waals surface area contributed by atoms with E-state index in [1.165, 1.54) is 6.07 Å². The molecule has 0 amide bonds. The third-order valence-electron chi connectivity index (χ3n) is 6.60. The highest BCUT2D eigenvalue weighted by Gasteiger charge is 2.46. The first-order valence-corrected chi connectivity index (χ1v) is 13.0. The SMILES string of the molecule is CC(C)(C)CCCCC1(C)C(=O)C(C2=NS(O)(O)c3cc(N)ccc3N2)=C(O)c2ccccc21.Cl. The van der Waals surface area contributed by atoms with Crippen LogP contribution in [0.25, 0.3) is 5.76 Å². The summed E-state index contributed by atoms with van der Waals surface area (Å²) in [6.07, 6.45) is 3.47. The van der Waals surface area contributed by atoms with Crippen LogP contribution >= 0.6 is 23.2 Å². The van der Waals surface area contributed by atoms with Crippen LogP contribution in [-0.4, -0.2) is 25.8 Å². The molecule has 2 aliphatic rings. The van der Waals surface area contributed by atoms with Gasteiger partial charge in [-0.3, -0.25) is 13.9 Å². The van der Waals surface area contributed by atoms with E-state index in [9.17, 15) is 19.0 Å². The van der Waals surface area contributed by atoms with Crippen LogP contribution in [0.1, 0.15) is 64.5 Å². The number of nitrogens with zero attached hydrogens (tertiary/aromatic N) is 1. The van der Waals surface area contributed by atoms with Gasteiger partial charge in [0.1, 0.15) is 16.2 Å². The molecule has 4 rings (SSSR count). The minimum absolute atomic E-state index is 0. The molecule has 0 aromatic heterocycles. The van der Waals surface area contributed by atoms with Crippen LogP contribution in [0.3, 0.4) is 0 Å². The van der Waals surface area contributed by atoms with Crippen molar-refractivity contribution in [2.75, 3.05) is 11.1 Å². The number of amidine groups is 1. The van der Waals surface area contributed by atoms with E-state index in [1.54, 1.807) is 18.2 Å². The molecule has 0 radical (unpaired) electrons. The molecule has 7 nitrogen and oxygen atoms in total. The van der Waals surface area contributed by atoms with E-state index in [0.29, 0.717) is 23.4 Å². The summed E-state index contributed by atoms with van der Waals surface area (Å²) in [6, 6.07) is 12.0. The van der Waals surface area contributed by atoms with Crippen molar-refractivity contribution < 1.29 is 19.0 Å². The Hall–Kier alpha value is -2.52. The lowest BCUT2D eigenvalue weighted by atomic mass is 9.66. The molecule has 0 saturated heterocycles. The summed E-state index contributed by atoms with van der Waals surface area (Å²) < 4.78 is 25.6. The third-order valence-corrected chi connectivity index (χ3v) is 7.97. The molecule has 190 valence electrons. The number of carbonyl (C=O) groups excluding carboxylic acids is 1. The van der Waals surface area contributed by atoms with Crippen molar-refractivity contribution in [2.45, 2.75) is 63.7 Å². The first kappa shape index (κ1) is 27.1. The second-order valence-corrected chi connectivity index (χ2v) is 12.2. The molecule has 1 atom stereocenters. The zero-order valence-corrected chi connectivity index (χ0v) is 22.1. The van der Waals surface area contributed by atoms with E-state index in [0.717, 1.165) is 24.8 Å². The van der Waals surface area contributed by atoms with E-state index in [4.69, 9.17) is 5.73 Å². The van der Waals surface area contributed by atoms with E-state index < -0.39 is 16.2 Å². The van der Waals surface area contributed by atoms with Crippen LogP contribution in [0.2, 0.25) is 0 Å². The summed E-state index contributed by atoms with van der Waals surface area (Å²) in [5.41, 5.74) is 7.19. The standard InChI is InChI=1S/C26H33N3O4S.ClH/c1-25(2,3)13-7-8-14-26(4)18-10-6-5-9-17(18)22(30)21(23(26)31)24-28-19-12-11-16(27)15-20(19)34(32,33)29-24;/h5-6,9-12,15,30,32-33H,7-8,13-14,27H2,1-4H3,(H,28,29);1H. The van der Waals surface area contributed by atoms with E-state index in [1.807, 2.05) is 25.1 Å². The fraction of sp³-hybridized carbons (Fsp3) is 0.385. The predicted molar refractivity (Wildman–Crippen MR) is 147 cm³/mol. The molecule has 1 heterocycles. The number of hydrogen-bond acceptors (Lipinski definition) is 7. The molecule has 0 saturated carbocycles. The van der Waals surface area contributed by atoms with Gasteiger partial charge in [-0.1, -0.05) is 68.7 Å². The maximum absolute atomic E-state index is 14.0. The Bertz CT molecular complexity index is 1220. The van der Waals surface area contributed by atoms with Gasteiger partial charge in [0, 0.05) is 11.3 Å². The summed E-state index contributed by atoms with van der Waals surface area (Å²) in [4.78, 5) is 14.1. The number of nitrogen functional groups attached to an aromatic ring is 1. The summed E-state index contributed by atoms with van der Waals surface area (Å²) in [5.74, 6) is -0.553. The van der Waals surface area contributed by atoms with Gasteiger partial charge in [-0.2, -0.15) is 0 Å². The van der Waals surface area contributed by atoms with Crippen LogP contribution in [0.15, 0.2) is 57.3 Å². The molecule has 1 unspecified atom stereocenters. The highest BCUT2D eigenvalue weighted by Crippen LogP contribution is 2.56. The fourth-order valence-corrected chi connectivity index (χ4v) is 5.91. The maximum Gasteiger partial charge on any atom is 0.180 e. The summed E-state index contributed by atoms with van der Waals surface area (Å²) in [7, 11) is -3.61. The Morgan fingerprint density at radius 3 is 2.49 bits per heavy atom. The lowest BCUT2D eigenvalue weighted by molar-refractivity contribution is -0.120. The molecule has 2 aromatic rings. The zero-order valence-electron chi connectivity index (χ0n) is 20.5. The smallest absolute Gasteiger partial charge is 0.180 e. The van der Waals surface area contributed by atoms with Crippen molar-refractivity contribution >= 4 is 51.9 Å². The Morgan fingerprint density at radius 2 is 1.80 bits per heavy atom. The number of aliphatic hydroxyl groups excluding tert-OH is 1. The Morgan fingerprint density at radius 1 is 1.11 bits per heavy atom. The molecule has 6 N–H and O–H groups in total. The second-order valence-electron chi connectivity index (χ2n) is 10.5. The highest BCUT2D eigenvalue weighted by atomic mass is 35.5. The number of hydrogen-bond donors (Lipinski definition) is 5. The highest BCUT2D eigenvalue weighted by molar-refractivity contribution is 8.23. The number of anilines is 2. The van der Waals surface area contributed by atoms with Gasteiger partial charge in [-0.15, -0.1) is 16.8 Å². The monoisotopic (exact) mass is 519 g/mol. The number of ketones is 1. The molecule has 1 aliphatic carbocycles. The number of nitrogens with two attached hydrogens (primary N) is 1. The average molecular weight is 520 g/mol. The molecule has 2 aromatic carbocycles. The lowest BCUT2D eigenvalue weighted by Crippen LogP contribution is -2.42. The number of halogens is 1. The normalized spacial score (nSPS) is 21.8. The Kier molecular flexibility index (Phi) is 7.35. The van der Waals surface area contributed by atoms with Gasteiger partial charge in [0.15, 0.2) is 11.6 Å². The Labute approximate surface area is 214 Å². The fourth-order valence-electron chi connectivity index (χ4n) is 4.72. The largest absolute Gasteiger partial charge is 0.506 e. The number of carbonyl (C=O) groups is 1. The van der Waals surface area contributed by atoms with Gasteiger partial charge in [0.2, 0.25) is 0 Å². The van der Waals surface area contributed by atoms with Gasteiger partial charge >= 0.3 is 0 Å². The molecule has 9 heteroatoms. The van der Waals surface area contributed by atoms with Gasteiger partial charge in [0.05, 0.1) is 11.1 Å². The van der Waals surface area contributed by atoms with Gasteiger partial charge < -0.3 is 16.2 Å². The summed E-state index contributed by atoms with van der Waals surface area (Å²) >= 11 is 0. The quantitative estimate of drug-likeness (QED) is 0.214. The van der Waals surface area contributed by atoms with Crippen LogP contribution in [0, 0.1) is 5.41 Å². The predicted octanol–water partition coefficient (Wildman–Crippen LogP) is 6.96. The topological polar surface area (TPSA) is 128 Å². The third kappa shape index (κ3) is 5.07. The summed E-state index contributed by atoms with van der Waals surface area (Å²) in [5, 5.41) is 14.2. The number of benzene rings is 2. The van der Waals surface area contributed by atoms with E-state index in [-0.39, 0.29) is 45.7 Å². The molecule has 0 spiro atoms. The van der Waals surface area contributed by atoms with Gasteiger partial charge in [0.25, 0.3) is 0 Å². The van der Waals surface area contributed by atoms with Crippen molar-refractivity contribution in [1.82, 2.24) is 0 Å². The van der Waals surface area contributed by atoms with Crippen LogP contribution in [-0.2, 0) is 10.2 Å². The van der Waals surface area contributed by atoms with Crippen LogP contribution < -0.4 is 11.1 Å². The van der Waals surface area contributed by atoms with E-state index >= 15 is 0 Å². The number of Topliss-reactive ketones (excluding diaryl/α,β-unsaturated/α-hetero) is 1. The van der Waals surface area contributed by atoms with E-state index in [2.05, 4.69) is 30.5 Å². The van der Waals surface area contributed by atoms with Crippen molar-refractivity contribution in [1.29, 1.82) is 0 Å². The van der Waals surface area contributed by atoms with Gasteiger partial charge in [-0.25, -0.2) is 0 Å². The number of rotatable bonds is 5. The van der Waals surface area contributed by atoms with Crippen molar-refractivity contribution in [3.63, 3.8) is 0 Å². The number of aliphatic hydroxyl groups is 1.